The Labute approximate surface area is 204 Å². The van der Waals surface area contributed by atoms with Crippen LogP contribution in [0, 0.1) is 24.1 Å². The fraction of sp³-hybridized carbons (Fsp3) is 0.120. The second kappa shape index (κ2) is 11.0. The average Bonchev–Trinajstić information content (AvgIpc) is 2.80. The van der Waals surface area contributed by atoms with Gasteiger partial charge in [-0.25, -0.2) is 4.39 Å². The smallest absolute Gasteiger partial charge is 0.266 e. The maximum Gasteiger partial charge on any atom is 0.266 e. The molecular formula is C25H19BrClFN2O3. The number of nitrogens with zero attached hydrogens (tertiary/aromatic N) is 1. The van der Waals surface area contributed by atoms with Crippen molar-refractivity contribution in [2.24, 2.45) is 0 Å². The first-order valence-electron chi connectivity index (χ1n) is 9.74. The van der Waals surface area contributed by atoms with Gasteiger partial charge in [-0.15, -0.1) is 0 Å². The number of aryl methyl sites for hydroxylation is 1. The van der Waals surface area contributed by atoms with Crippen LogP contribution >= 0.6 is 27.5 Å². The van der Waals surface area contributed by atoms with E-state index in [0.29, 0.717) is 32.2 Å². The van der Waals surface area contributed by atoms with Gasteiger partial charge in [0.1, 0.15) is 24.1 Å². The Morgan fingerprint density at radius 2 is 1.91 bits per heavy atom. The molecule has 0 aliphatic heterocycles. The summed E-state index contributed by atoms with van der Waals surface area (Å²) in [5.74, 6) is -0.0318. The van der Waals surface area contributed by atoms with E-state index in [-0.39, 0.29) is 18.0 Å². The number of carbonyl (C=O) groups excluding carboxylic acids is 1. The van der Waals surface area contributed by atoms with Crippen molar-refractivity contribution in [1.29, 1.82) is 5.26 Å². The Morgan fingerprint density at radius 3 is 2.55 bits per heavy atom. The minimum Gasteiger partial charge on any atom is -0.493 e. The minimum atomic E-state index is -0.570. The number of amides is 1. The van der Waals surface area contributed by atoms with Crippen LogP contribution in [0.3, 0.4) is 0 Å². The molecule has 0 unspecified atom stereocenters. The molecule has 168 valence electrons. The number of methoxy groups -OCH3 is 1. The van der Waals surface area contributed by atoms with E-state index in [4.69, 9.17) is 21.1 Å². The van der Waals surface area contributed by atoms with Crippen LogP contribution in [-0.4, -0.2) is 13.0 Å². The van der Waals surface area contributed by atoms with E-state index in [2.05, 4.69) is 21.2 Å². The predicted octanol–water partition coefficient (Wildman–Crippen LogP) is 6.68. The highest BCUT2D eigenvalue weighted by molar-refractivity contribution is 9.10. The van der Waals surface area contributed by atoms with Crippen molar-refractivity contribution in [2.75, 3.05) is 12.4 Å². The first-order valence-corrected chi connectivity index (χ1v) is 10.9. The largest absolute Gasteiger partial charge is 0.493 e. The van der Waals surface area contributed by atoms with Crippen LogP contribution in [0.25, 0.3) is 6.08 Å². The van der Waals surface area contributed by atoms with Crippen LogP contribution in [0.2, 0.25) is 5.02 Å². The van der Waals surface area contributed by atoms with Gasteiger partial charge in [0.15, 0.2) is 11.5 Å². The molecule has 0 saturated heterocycles. The number of hydrogen-bond acceptors (Lipinski definition) is 4. The number of ether oxygens (including phenoxy) is 2. The number of halogens is 3. The summed E-state index contributed by atoms with van der Waals surface area (Å²) in [6.07, 6.45) is 1.45. The van der Waals surface area contributed by atoms with Gasteiger partial charge < -0.3 is 14.8 Å². The summed E-state index contributed by atoms with van der Waals surface area (Å²) in [6.45, 7) is 2.07. The molecule has 3 aromatic carbocycles. The summed E-state index contributed by atoms with van der Waals surface area (Å²) in [5, 5.41) is 12.7. The van der Waals surface area contributed by atoms with Crippen LogP contribution in [0.4, 0.5) is 10.1 Å². The number of benzene rings is 3. The van der Waals surface area contributed by atoms with Gasteiger partial charge in [0, 0.05) is 15.2 Å². The lowest BCUT2D eigenvalue weighted by Crippen LogP contribution is -2.13. The van der Waals surface area contributed by atoms with E-state index in [9.17, 15) is 14.4 Å². The van der Waals surface area contributed by atoms with Crippen LogP contribution in [0.5, 0.6) is 11.5 Å². The van der Waals surface area contributed by atoms with Crippen molar-refractivity contribution in [3.8, 4) is 17.6 Å². The number of nitrogens with one attached hydrogen (secondary N) is 1. The van der Waals surface area contributed by atoms with Crippen molar-refractivity contribution in [2.45, 2.75) is 13.5 Å². The molecule has 33 heavy (non-hydrogen) atoms. The molecule has 1 N–H and O–H groups in total. The van der Waals surface area contributed by atoms with E-state index in [1.165, 1.54) is 25.3 Å². The molecule has 5 nitrogen and oxygen atoms in total. The molecule has 0 radical (unpaired) electrons. The summed E-state index contributed by atoms with van der Waals surface area (Å²) in [6, 6.07) is 16.3. The zero-order chi connectivity index (χ0) is 24.0. The zero-order valence-corrected chi connectivity index (χ0v) is 20.1. The van der Waals surface area contributed by atoms with E-state index in [1.54, 1.807) is 42.5 Å². The number of nitriles is 1. The first kappa shape index (κ1) is 24.3. The monoisotopic (exact) mass is 528 g/mol. The molecule has 3 rings (SSSR count). The normalized spacial score (nSPS) is 11.0. The average molecular weight is 530 g/mol. The molecule has 0 aliphatic carbocycles. The Balaban J connectivity index is 1.81. The highest BCUT2D eigenvalue weighted by atomic mass is 79.9. The SMILES string of the molecule is COc1cc(/C=C(/C#N)C(=O)Nc2ccc(C)c(Cl)c2)c(Br)cc1OCc1ccc(F)cc1. The Hall–Kier alpha value is -3.34. The van der Waals surface area contributed by atoms with Gasteiger partial charge in [0.25, 0.3) is 5.91 Å². The predicted molar refractivity (Wildman–Crippen MR) is 130 cm³/mol. The van der Waals surface area contributed by atoms with Crippen LogP contribution in [0.15, 0.2) is 64.6 Å². The Kier molecular flexibility index (Phi) is 8.10. The fourth-order valence-corrected chi connectivity index (χ4v) is 3.47. The van der Waals surface area contributed by atoms with E-state index < -0.39 is 5.91 Å². The lowest BCUT2D eigenvalue weighted by atomic mass is 10.1. The lowest BCUT2D eigenvalue weighted by Gasteiger charge is -2.13. The molecule has 0 fully saturated rings. The van der Waals surface area contributed by atoms with Crippen molar-refractivity contribution >= 4 is 45.2 Å². The van der Waals surface area contributed by atoms with Crippen molar-refractivity contribution in [3.63, 3.8) is 0 Å². The van der Waals surface area contributed by atoms with Crippen LogP contribution in [-0.2, 0) is 11.4 Å². The highest BCUT2D eigenvalue weighted by Gasteiger charge is 2.14. The van der Waals surface area contributed by atoms with Crippen LogP contribution < -0.4 is 14.8 Å². The van der Waals surface area contributed by atoms with E-state index >= 15 is 0 Å². The molecule has 1 amide bonds. The number of rotatable bonds is 7. The lowest BCUT2D eigenvalue weighted by molar-refractivity contribution is -0.112. The number of anilines is 1. The van der Waals surface area contributed by atoms with Gasteiger partial charge in [-0.2, -0.15) is 5.26 Å². The summed E-state index contributed by atoms with van der Waals surface area (Å²) < 4.78 is 24.9. The molecule has 0 bridgehead atoms. The number of carbonyl (C=O) groups is 1. The van der Waals surface area contributed by atoms with E-state index in [1.807, 2.05) is 13.0 Å². The summed E-state index contributed by atoms with van der Waals surface area (Å²) in [5.41, 5.74) is 2.60. The molecule has 0 atom stereocenters. The fourth-order valence-electron chi connectivity index (χ4n) is 2.85. The molecule has 8 heteroatoms. The zero-order valence-electron chi connectivity index (χ0n) is 17.8. The molecule has 0 spiro atoms. The van der Waals surface area contributed by atoms with Gasteiger partial charge in [0.05, 0.1) is 7.11 Å². The van der Waals surface area contributed by atoms with Crippen molar-refractivity contribution in [1.82, 2.24) is 0 Å². The van der Waals surface area contributed by atoms with Gasteiger partial charge in [-0.3, -0.25) is 4.79 Å². The second-order valence-electron chi connectivity index (χ2n) is 7.03. The van der Waals surface area contributed by atoms with Gasteiger partial charge in [-0.1, -0.05) is 45.7 Å². The third-order valence-electron chi connectivity index (χ3n) is 4.69. The minimum absolute atomic E-state index is 0.102. The maximum atomic E-state index is 13.1. The molecule has 0 heterocycles. The Morgan fingerprint density at radius 1 is 1.18 bits per heavy atom. The third kappa shape index (κ3) is 6.35. The first-order chi connectivity index (χ1) is 15.8. The van der Waals surface area contributed by atoms with E-state index in [0.717, 1.165) is 11.1 Å². The van der Waals surface area contributed by atoms with Gasteiger partial charge in [-0.05, 0) is 66.1 Å². The van der Waals surface area contributed by atoms with Gasteiger partial charge in [0.2, 0.25) is 0 Å². The molecule has 3 aromatic rings. The molecule has 0 aliphatic rings. The standard InChI is InChI=1S/C25H19BrClFN2O3/c1-15-3-8-20(11-22(15)27)30-25(31)18(13-29)9-17-10-23(32-2)24(12-21(17)26)33-14-16-4-6-19(28)7-5-16/h3-12H,14H2,1-2H3,(H,30,31)/b18-9-. The summed E-state index contributed by atoms with van der Waals surface area (Å²) >= 11 is 9.55. The summed E-state index contributed by atoms with van der Waals surface area (Å²) in [4.78, 5) is 12.6. The van der Waals surface area contributed by atoms with Crippen molar-refractivity contribution in [3.05, 3.63) is 92.2 Å². The quantitative estimate of drug-likeness (QED) is 0.274. The molecular weight excluding hydrogens is 511 g/mol. The number of hydrogen-bond donors (Lipinski definition) is 1. The second-order valence-corrected chi connectivity index (χ2v) is 8.29. The highest BCUT2D eigenvalue weighted by Crippen LogP contribution is 2.35. The molecule has 0 aromatic heterocycles. The third-order valence-corrected chi connectivity index (χ3v) is 5.78. The van der Waals surface area contributed by atoms with Gasteiger partial charge >= 0.3 is 0 Å². The van der Waals surface area contributed by atoms with Crippen molar-refractivity contribution < 1.29 is 18.7 Å². The Bertz CT molecular complexity index is 1250. The topological polar surface area (TPSA) is 71.3 Å². The maximum absolute atomic E-state index is 13.1. The summed E-state index contributed by atoms with van der Waals surface area (Å²) in [7, 11) is 1.49. The van der Waals surface area contributed by atoms with Crippen LogP contribution in [0.1, 0.15) is 16.7 Å². The molecule has 0 saturated carbocycles.